The maximum atomic E-state index is 9.04. The van der Waals surface area contributed by atoms with Crippen molar-refractivity contribution in [3.8, 4) is 0 Å². The Morgan fingerprint density at radius 2 is 0.500 bits per heavy atom. The number of hydrogen-bond acceptors (Lipinski definition) is 6. The molecule has 0 N–H and O–H groups in total. The van der Waals surface area contributed by atoms with Crippen LogP contribution in [0.3, 0.4) is 0 Å². The van der Waals surface area contributed by atoms with E-state index in [4.69, 9.17) is 29.4 Å². The minimum Gasteiger partial charge on any atom is -0.842 e. The van der Waals surface area contributed by atoms with E-state index in [1.54, 1.807) is 0 Å². The Hall–Kier alpha value is 2.11. The summed E-state index contributed by atoms with van der Waals surface area (Å²) < 4.78 is 0. The Kier molecular flexibility index (Phi) is 51.9. The first kappa shape index (κ1) is 29.8. The van der Waals surface area contributed by atoms with Crippen molar-refractivity contribution in [2.24, 2.45) is 0 Å². The first-order valence-corrected chi connectivity index (χ1v) is 7.31. The third-order valence-electron chi connectivity index (χ3n) is 0. The van der Waals surface area contributed by atoms with Crippen LogP contribution in [0.1, 0.15) is 0 Å². The van der Waals surface area contributed by atoms with Gasteiger partial charge in [-0.3, -0.25) is 0 Å². The van der Waals surface area contributed by atoms with Gasteiger partial charge in [0.2, 0.25) is 0 Å². The van der Waals surface area contributed by atoms with Crippen LogP contribution < -0.4 is 29.4 Å². The van der Waals surface area contributed by atoms with Gasteiger partial charge in [0.25, 0.3) is 0 Å². The fourth-order valence-corrected chi connectivity index (χ4v) is 0. The molecule has 0 rings (SSSR count). The molecule has 0 atom stereocenters. The second kappa shape index (κ2) is 24.4. The molecule has 0 aromatic carbocycles. The summed E-state index contributed by atoms with van der Waals surface area (Å²) in [5.74, 6) is 0. The third kappa shape index (κ3) is 543. The molecule has 0 spiro atoms. The van der Waals surface area contributed by atoms with Crippen molar-refractivity contribution in [2.75, 3.05) is 20.0 Å². The largest absolute Gasteiger partial charge is 3.00 e. The first-order chi connectivity index (χ1) is 5.20. The molecule has 0 aliphatic carbocycles. The van der Waals surface area contributed by atoms with Crippen LogP contribution in [0.2, 0.25) is 0 Å². The fraction of sp³-hybridized carbons (Fsp3) is 1.00. The van der Waals surface area contributed by atoms with Crippen molar-refractivity contribution in [3.05, 3.63) is 0 Å². The standard InChI is InChI=1S/3CH3O2P.2Al/c3*1-4(2)3;;/h3*1H3;;/q3*-2;2*+3. The molecule has 0 aromatic rings. The fourth-order valence-electron chi connectivity index (χ4n) is 0. The second-order valence-electron chi connectivity index (χ2n) is 1.32. The van der Waals surface area contributed by atoms with Gasteiger partial charge in [-0.2, -0.15) is 0 Å². The molecule has 0 fully saturated rings. The normalized spacial score (nSPS) is 7.71. The van der Waals surface area contributed by atoms with Crippen LogP contribution in [0, 0.1) is 0 Å². The summed E-state index contributed by atoms with van der Waals surface area (Å²) in [5.41, 5.74) is 0. The van der Waals surface area contributed by atoms with Crippen LogP contribution in [0.15, 0.2) is 0 Å². The molecule has 0 aromatic heterocycles. The van der Waals surface area contributed by atoms with Gasteiger partial charge in [0, 0.05) is 0 Å². The van der Waals surface area contributed by atoms with Crippen LogP contribution in [-0.2, 0) is 0 Å². The summed E-state index contributed by atoms with van der Waals surface area (Å²) in [6, 6.07) is 0. The van der Waals surface area contributed by atoms with Crippen molar-refractivity contribution in [1.29, 1.82) is 0 Å². The molecule has 0 aliphatic rings. The van der Waals surface area contributed by atoms with Crippen molar-refractivity contribution < 1.29 is 29.4 Å². The van der Waals surface area contributed by atoms with E-state index in [1.165, 1.54) is 0 Å². The van der Waals surface area contributed by atoms with Crippen molar-refractivity contribution in [3.63, 3.8) is 0 Å². The molecule has 0 amide bonds. The Morgan fingerprint density at radius 1 is 0.500 bits per heavy atom. The van der Waals surface area contributed by atoms with E-state index in [9.17, 15) is 0 Å². The summed E-state index contributed by atoms with van der Waals surface area (Å²) in [6.45, 7) is 3.36. The van der Waals surface area contributed by atoms with Crippen molar-refractivity contribution in [1.82, 2.24) is 0 Å². The molecule has 0 saturated heterocycles. The summed E-state index contributed by atoms with van der Waals surface area (Å²) in [4.78, 5) is 54.2. The number of hydrogen-bond donors (Lipinski definition) is 0. The first-order valence-electron chi connectivity index (χ1n) is 2.44. The molecule has 14 heavy (non-hydrogen) atoms. The second-order valence-corrected chi connectivity index (χ2v) is 3.96. The molecule has 0 aliphatic heterocycles. The monoisotopic (exact) mass is 288 g/mol. The predicted octanol–water partition coefficient (Wildman–Crippen LogP) is -4.82. The smallest absolute Gasteiger partial charge is 0.842 e. The van der Waals surface area contributed by atoms with E-state index in [0.29, 0.717) is 0 Å². The van der Waals surface area contributed by atoms with Crippen LogP contribution in [-0.4, -0.2) is 54.7 Å². The summed E-state index contributed by atoms with van der Waals surface area (Å²) in [7, 11) is -6.36. The molecule has 78 valence electrons. The minimum atomic E-state index is -2.12. The van der Waals surface area contributed by atoms with Crippen LogP contribution in [0.4, 0.5) is 0 Å². The van der Waals surface area contributed by atoms with Crippen molar-refractivity contribution >= 4 is 59.8 Å². The van der Waals surface area contributed by atoms with E-state index in [-0.39, 0.29) is 34.7 Å². The Morgan fingerprint density at radius 3 is 0.500 bits per heavy atom. The summed E-state index contributed by atoms with van der Waals surface area (Å²) >= 11 is 0. The molecule has 0 heterocycles. The van der Waals surface area contributed by atoms with Crippen LogP contribution in [0.25, 0.3) is 0 Å². The van der Waals surface area contributed by atoms with E-state index in [2.05, 4.69) is 0 Å². The van der Waals surface area contributed by atoms with E-state index in [0.717, 1.165) is 20.0 Å². The Labute approximate surface area is 109 Å². The van der Waals surface area contributed by atoms with Crippen molar-refractivity contribution in [2.45, 2.75) is 0 Å². The van der Waals surface area contributed by atoms with Gasteiger partial charge in [0.05, 0.1) is 0 Å². The zero-order valence-corrected chi connectivity index (χ0v) is 12.9. The van der Waals surface area contributed by atoms with Gasteiger partial charge in [-0.05, 0) is 0 Å². The molecular formula is C3H9Al2O6P3. The van der Waals surface area contributed by atoms with Gasteiger partial charge in [-0.1, -0.05) is 20.0 Å². The molecule has 0 unspecified atom stereocenters. The van der Waals surface area contributed by atoms with Crippen LogP contribution >= 0.6 is 25.1 Å². The maximum Gasteiger partial charge on any atom is 3.00 e. The molecule has 0 bridgehead atoms. The van der Waals surface area contributed by atoms with E-state index < -0.39 is 25.1 Å². The molecule has 0 saturated carbocycles. The van der Waals surface area contributed by atoms with Gasteiger partial charge < -0.3 is 54.5 Å². The maximum absolute atomic E-state index is 9.04. The van der Waals surface area contributed by atoms with E-state index >= 15 is 0 Å². The SMILES string of the molecule is CP([O-])[O-].CP([O-])[O-].CP([O-])[O-].[Al+3].[Al+3]. The summed E-state index contributed by atoms with van der Waals surface area (Å²) in [6.07, 6.45) is 0. The van der Waals surface area contributed by atoms with Gasteiger partial charge >= 0.3 is 34.7 Å². The average molecular weight is 288 g/mol. The average Bonchev–Trinajstić information content (AvgIpc) is 1.54. The molecule has 6 nitrogen and oxygen atoms in total. The van der Waals surface area contributed by atoms with E-state index in [1.807, 2.05) is 0 Å². The molecule has 0 radical (unpaired) electrons. The minimum absolute atomic E-state index is 0. The van der Waals surface area contributed by atoms with Crippen LogP contribution in [0.5, 0.6) is 0 Å². The topological polar surface area (TPSA) is 138 Å². The predicted molar refractivity (Wildman–Crippen MR) is 50.0 cm³/mol. The van der Waals surface area contributed by atoms with Gasteiger partial charge in [0.15, 0.2) is 0 Å². The molecular weight excluding hydrogens is 279 g/mol. The number of rotatable bonds is 0. The quantitative estimate of drug-likeness (QED) is 0.323. The summed E-state index contributed by atoms with van der Waals surface area (Å²) in [5, 5.41) is 0. The third-order valence-corrected chi connectivity index (χ3v) is 0. The van der Waals surface area contributed by atoms with Gasteiger partial charge in [-0.15, -0.1) is 0 Å². The zero-order chi connectivity index (χ0) is 10.7. The molecule has 11 heteroatoms. The Balaban J connectivity index is -0.0000000270. The Bertz CT molecular complexity index is 54.8. The zero-order valence-electron chi connectivity index (χ0n) is 7.95. The van der Waals surface area contributed by atoms with Gasteiger partial charge in [0.1, 0.15) is 0 Å². The van der Waals surface area contributed by atoms with Gasteiger partial charge in [-0.25, -0.2) is 0 Å².